The minimum Gasteiger partial charge on any atom is -0.378 e. The van der Waals surface area contributed by atoms with Crippen molar-refractivity contribution >= 4 is 51.7 Å². The van der Waals surface area contributed by atoms with Gasteiger partial charge in [0.05, 0.1) is 11.3 Å². The van der Waals surface area contributed by atoms with Crippen molar-refractivity contribution in [3.05, 3.63) is 83.7 Å². The highest BCUT2D eigenvalue weighted by atomic mass is 32.4. The Hall–Kier alpha value is -2.95. The third kappa shape index (κ3) is 2.86. The number of pyridine rings is 1. The summed E-state index contributed by atoms with van der Waals surface area (Å²) in [5.74, 6) is -0.0452. The molecule has 1 aliphatic heterocycles. The summed E-state index contributed by atoms with van der Waals surface area (Å²) < 4.78 is 3.91. The number of aryl methyl sites for hydroxylation is 2. The van der Waals surface area contributed by atoms with Gasteiger partial charge in [0.25, 0.3) is 5.91 Å². The van der Waals surface area contributed by atoms with E-state index in [-0.39, 0.29) is 5.91 Å². The minimum atomic E-state index is -2.70. The van der Waals surface area contributed by atoms with Gasteiger partial charge in [-0.1, -0.05) is 35.6 Å². The van der Waals surface area contributed by atoms with E-state index in [1.807, 2.05) is 104 Å². The third-order valence-electron chi connectivity index (χ3n) is 5.77. The molecular formula is C24H23N4OPS. The van der Waals surface area contributed by atoms with Crippen molar-refractivity contribution in [2.45, 2.75) is 13.8 Å². The molecule has 0 N–H and O–H groups in total. The van der Waals surface area contributed by atoms with Gasteiger partial charge in [-0.05, 0) is 56.3 Å². The van der Waals surface area contributed by atoms with Crippen LogP contribution in [0.3, 0.4) is 0 Å². The van der Waals surface area contributed by atoms with E-state index in [9.17, 15) is 4.79 Å². The lowest BCUT2D eigenvalue weighted by molar-refractivity contribution is 0.101. The molecule has 5 rings (SSSR count). The van der Waals surface area contributed by atoms with Crippen molar-refractivity contribution in [2.24, 2.45) is 0 Å². The van der Waals surface area contributed by atoms with E-state index >= 15 is 0 Å². The van der Waals surface area contributed by atoms with Gasteiger partial charge in [0.2, 0.25) is 0 Å². The molecule has 7 heteroatoms. The van der Waals surface area contributed by atoms with E-state index in [4.69, 9.17) is 16.8 Å². The van der Waals surface area contributed by atoms with Crippen molar-refractivity contribution in [3.63, 3.8) is 0 Å². The van der Waals surface area contributed by atoms with Gasteiger partial charge >= 0.3 is 0 Å². The molecule has 0 bridgehead atoms. The average Bonchev–Trinajstić information content (AvgIpc) is 3.20. The largest absolute Gasteiger partial charge is 0.378 e. The molecule has 3 heterocycles. The van der Waals surface area contributed by atoms with Crippen molar-refractivity contribution in [3.8, 4) is 0 Å². The van der Waals surface area contributed by atoms with E-state index in [0.29, 0.717) is 5.56 Å². The van der Waals surface area contributed by atoms with Gasteiger partial charge in [0, 0.05) is 37.0 Å². The molecule has 0 saturated carbocycles. The second-order valence-electron chi connectivity index (χ2n) is 8.07. The molecule has 0 fully saturated rings. The quantitative estimate of drug-likeness (QED) is 0.446. The summed E-state index contributed by atoms with van der Waals surface area (Å²) in [5, 5.41) is 0.924. The maximum Gasteiger partial charge on any atom is 0.263 e. The zero-order valence-electron chi connectivity index (χ0n) is 17.9. The molecule has 1 aliphatic rings. The number of anilines is 2. The number of nitrogens with zero attached hydrogens (tertiary/aromatic N) is 4. The maximum absolute atomic E-state index is 13.9. The zero-order valence-corrected chi connectivity index (χ0v) is 19.6. The smallest absolute Gasteiger partial charge is 0.263 e. The van der Waals surface area contributed by atoms with Gasteiger partial charge in [-0.25, -0.2) is 4.98 Å². The average molecular weight is 447 g/mol. The Morgan fingerprint density at radius 3 is 2.45 bits per heavy atom. The molecular weight excluding hydrogens is 423 g/mol. The number of hydrogen-bond donors (Lipinski definition) is 0. The number of aromatic nitrogens is 2. The van der Waals surface area contributed by atoms with Crippen molar-refractivity contribution in [2.75, 3.05) is 23.7 Å². The van der Waals surface area contributed by atoms with Crippen LogP contribution < -0.4 is 20.3 Å². The highest BCUT2D eigenvalue weighted by Crippen LogP contribution is 2.56. The molecule has 31 heavy (non-hydrogen) atoms. The fraction of sp³-hybridized carbons (Fsp3) is 0.167. The lowest BCUT2D eigenvalue weighted by Crippen LogP contribution is -2.31. The number of carbonyl (C=O) groups excluding carboxylic acids is 1. The van der Waals surface area contributed by atoms with Gasteiger partial charge in [-0.3, -0.25) is 13.9 Å². The van der Waals surface area contributed by atoms with E-state index in [0.717, 1.165) is 39.0 Å². The van der Waals surface area contributed by atoms with Gasteiger partial charge in [0.15, 0.2) is 0 Å². The maximum atomic E-state index is 13.9. The summed E-state index contributed by atoms with van der Waals surface area (Å²) in [5.41, 5.74) is 6.27. The van der Waals surface area contributed by atoms with Crippen molar-refractivity contribution in [1.29, 1.82) is 0 Å². The molecule has 5 nitrogen and oxygen atoms in total. The molecule has 0 radical (unpaired) electrons. The summed E-state index contributed by atoms with van der Waals surface area (Å²) in [7, 11) is 3.95. The van der Waals surface area contributed by atoms with Crippen LogP contribution in [0.25, 0.3) is 5.65 Å². The number of rotatable bonds is 3. The first-order valence-corrected chi connectivity index (χ1v) is 12.9. The molecule has 2 aromatic heterocycles. The number of fused-ring (bicyclic) bond motifs is 2. The molecule has 0 saturated heterocycles. The van der Waals surface area contributed by atoms with Crippen LogP contribution in [0.5, 0.6) is 0 Å². The molecule has 1 atom stereocenters. The Kier molecular flexibility index (Phi) is 4.54. The summed E-state index contributed by atoms with van der Waals surface area (Å²) in [6, 6.07) is 20.0. The first kappa shape index (κ1) is 20.0. The van der Waals surface area contributed by atoms with Gasteiger partial charge in [-0.15, -0.1) is 0 Å². The summed E-state index contributed by atoms with van der Waals surface area (Å²) in [6.45, 7) is 4.03. The second-order valence-corrected chi connectivity index (χ2v) is 12.1. The van der Waals surface area contributed by atoms with Crippen LogP contribution in [0.2, 0.25) is 0 Å². The fourth-order valence-corrected chi connectivity index (χ4v) is 9.04. The van der Waals surface area contributed by atoms with Crippen molar-refractivity contribution in [1.82, 2.24) is 9.38 Å². The Balaban J connectivity index is 1.85. The predicted octanol–water partition coefficient (Wildman–Crippen LogP) is 4.02. The van der Waals surface area contributed by atoms with E-state index < -0.39 is 6.19 Å². The number of benzene rings is 2. The van der Waals surface area contributed by atoms with Crippen LogP contribution in [0.1, 0.15) is 21.6 Å². The van der Waals surface area contributed by atoms with E-state index in [1.165, 1.54) is 0 Å². The molecule has 0 spiro atoms. The minimum absolute atomic E-state index is 0.0452. The van der Waals surface area contributed by atoms with Crippen LogP contribution in [0.15, 0.2) is 66.9 Å². The summed E-state index contributed by atoms with van der Waals surface area (Å²) in [6.07, 6.45) is -0.713. The molecule has 156 valence electrons. The zero-order chi connectivity index (χ0) is 21.9. The molecule has 4 aromatic rings. The number of hydrogen-bond acceptors (Lipinski definition) is 4. The lowest BCUT2D eigenvalue weighted by Gasteiger charge is -2.29. The van der Waals surface area contributed by atoms with Gasteiger partial charge in [0.1, 0.15) is 17.3 Å². The van der Waals surface area contributed by atoms with E-state index in [1.54, 1.807) is 0 Å². The molecule has 2 aromatic carbocycles. The Morgan fingerprint density at radius 2 is 1.74 bits per heavy atom. The van der Waals surface area contributed by atoms with Gasteiger partial charge < -0.3 is 4.90 Å². The van der Waals surface area contributed by atoms with Crippen LogP contribution >= 0.6 is 6.19 Å². The first-order chi connectivity index (χ1) is 14.8. The monoisotopic (exact) mass is 446 g/mol. The number of carbonyl (C=O) groups is 1. The Labute approximate surface area is 187 Å². The third-order valence-corrected chi connectivity index (χ3v) is 10.5. The SMILES string of the molecule is Cc1ccc(N2C(=O)c3cc(N(C)C)ccc3P2(=S)c2c(C)nc3ccccn23)cc1. The standard InChI is InChI=1S/C24H23N4OPS/c1-16-8-10-18(11-9-16)28-23(29)20-15-19(26(3)4)12-13-21(20)30(28,31)24-17(2)25-22-7-5-6-14-27(22)24/h5-15H,1-4H3. The number of amides is 1. The normalized spacial score (nSPS) is 17.9. The topological polar surface area (TPSA) is 40.9 Å². The Morgan fingerprint density at radius 1 is 1.00 bits per heavy atom. The summed E-state index contributed by atoms with van der Waals surface area (Å²) >= 11 is 6.52. The van der Waals surface area contributed by atoms with E-state index in [2.05, 4.69) is 4.40 Å². The van der Waals surface area contributed by atoms with Gasteiger partial charge in [-0.2, -0.15) is 0 Å². The lowest BCUT2D eigenvalue weighted by atomic mass is 10.1. The fourth-order valence-electron chi connectivity index (χ4n) is 4.23. The molecule has 0 aliphatic carbocycles. The van der Waals surface area contributed by atoms with Crippen molar-refractivity contribution < 1.29 is 4.79 Å². The molecule has 1 amide bonds. The number of imidazole rings is 1. The highest BCUT2D eigenvalue weighted by Gasteiger charge is 2.47. The second kappa shape index (κ2) is 7.04. The van der Waals surface area contributed by atoms with Crippen LogP contribution in [0, 0.1) is 13.8 Å². The van der Waals surface area contributed by atoms with Crippen LogP contribution in [0.4, 0.5) is 11.4 Å². The first-order valence-electron chi connectivity index (χ1n) is 10.1. The van der Waals surface area contributed by atoms with Crippen LogP contribution in [-0.2, 0) is 11.8 Å². The predicted molar refractivity (Wildman–Crippen MR) is 132 cm³/mol. The highest BCUT2D eigenvalue weighted by molar-refractivity contribution is 8.23. The molecule has 1 unspecified atom stereocenters. The van der Waals surface area contributed by atoms with Crippen LogP contribution in [-0.4, -0.2) is 29.4 Å². The Bertz CT molecular complexity index is 1390. The summed E-state index contributed by atoms with van der Waals surface area (Å²) in [4.78, 5) is 20.6.